The van der Waals surface area contributed by atoms with Crippen LogP contribution in [0.15, 0.2) is 0 Å². The Balaban J connectivity index is 2.43. The van der Waals surface area contributed by atoms with Crippen molar-refractivity contribution >= 4 is 0 Å². The number of hydrogen-bond acceptors (Lipinski definition) is 1. The molecule has 0 amide bonds. The van der Waals surface area contributed by atoms with Crippen molar-refractivity contribution in [3.63, 3.8) is 0 Å². The number of rotatable bonds is 2. The van der Waals surface area contributed by atoms with Crippen LogP contribution in [0.4, 0.5) is 0 Å². The second-order valence-corrected chi connectivity index (χ2v) is 4.48. The van der Waals surface area contributed by atoms with E-state index in [4.69, 9.17) is 5.11 Å². The fourth-order valence-electron chi connectivity index (χ4n) is 2.01. The van der Waals surface area contributed by atoms with Crippen molar-refractivity contribution in [3.05, 3.63) is 0 Å². The maximum Gasteiger partial charge on any atom is 0.0484 e. The first-order valence-corrected chi connectivity index (χ1v) is 4.77. The molecule has 1 N–H and O–H groups in total. The molecule has 11 heavy (non-hydrogen) atoms. The van der Waals surface area contributed by atoms with Crippen LogP contribution in [0.1, 0.15) is 46.0 Å². The zero-order valence-corrected chi connectivity index (χ0v) is 7.77. The van der Waals surface area contributed by atoms with Gasteiger partial charge in [-0.1, -0.05) is 33.1 Å². The molecule has 0 radical (unpaired) electrons. The number of aliphatic hydroxyl groups excluding tert-OH is 1. The van der Waals surface area contributed by atoms with Crippen LogP contribution in [0, 0.1) is 11.3 Å². The molecular weight excluding hydrogens is 136 g/mol. The molecule has 0 aliphatic heterocycles. The van der Waals surface area contributed by atoms with Gasteiger partial charge >= 0.3 is 0 Å². The van der Waals surface area contributed by atoms with E-state index in [9.17, 15) is 0 Å². The van der Waals surface area contributed by atoms with Gasteiger partial charge in [-0.3, -0.25) is 0 Å². The summed E-state index contributed by atoms with van der Waals surface area (Å²) in [5, 5.41) is 9.15. The highest BCUT2D eigenvalue weighted by atomic mass is 16.3. The summed E-state index contributed by atoms with van der Waals surface area (Å²) in [5.41, 5.74) is 0.167. The molecule has 0 heterocycles. The summed E-state index contributed by atoms with van der Waals surface area (Å²) >= 11 is 0. The molecule has 1 nitrogen and oxygen atoms in total. The first-order valence-electron chi connectivity index (χ1n) is 4.77. The Bertz CT molecular complexity index is 112. The quantitative estimate of drug-likeness (QED) is 0.651. The van der Waals surface area contributed by atoms with E-state index in [-0.39, 0.29) is 5.41 Å². The average Bonchev–Trinajstić information content (AvgIpc) is 2.06. The van der Waals surface area contributed by atoms with Gasteiger partial charge in [0.05, 0.1) is 0 Å². The van der Waals surface area contributed by atoms with Crippen LogP contribution in [-0.4, -0.2) is 11.7 Å². The van der Waals surface area contributed by atoms with Crippen molar-refractivity contribution in [2.45, 2.75) is 46.0 Å². The molecule has 0 bridgehead atoms. The summed E-state index contributed by atoms with van der Waals surface area (Å²) in [6, 6.07) is 0. The van der Waals surface area contributed by atoms with Gasteiger partial charge < -0.3 is 5.11 Å². The molecule has 0 aromatic heterocycles. The van der Waals surface area contributed by atoms with Gasteiger partial charge in [-0.2, -0.15) is 0 Å². The third-order valence-electron chi connectivity index (χ3n) is 3.12. The lowest BCUT2D eigenvalue weighted by Crippen LogP contribution is -2.29. The molecule has 1 aliphatic rings. The van der Waals surface area contributed by atoms with Crippen LogP contribution in [0.3, 0.4) is 0 Å². The lowest BCUT2D eigenvalue weighted by molar-refractivity contribution is 0.0734. The topological polar surface area (TPSA) is 20.2 Å². The lowest BCUT2D eigenvalue weighted by atomic mass is 9.72. The van der Waals surface area contributed by atoms with E-state index in [1.165, 1.54) is 32.1 Å². The SMILES string of the molecule is CC(C)(CO)C1CCCCC1. The van der Waals surface area contributed by atoms with Gasteiger partial charge in [0, 0.05) is 6.61 Å². The third-order valence-corrected chi connectivity index (χ3v) is 3.12. The Kier molecular flexibility index (Phi) is 2.94. The standard InChI is InChI=1S/C10H20O/c1-10(2,8-11)9-6-4-3-5-7-9/h9,11H,3-8H2,1-2H3. The van der Waals surface area contributed by atoms with E-state index in [2.05, 4.69) is 13.8 Å². The minimum absolute atomic E-state index is 0.167. The average molecular weight is 156 g/mol. The molecule has 0 aromatic carbocycles. The minimum atomic E-state index is 0.167. The van der Waals surface area contributed by atoms with E-state index in [1.807, 2.05) is 0 Å². The molecule has 0 spiro atoms. The normalized spacial score (nSPS) is 22.1. The van der Waals surface area contributed by atoms with Crippen molar-refractivity contribution in [2.75, 3.05) is 6.61 Å². The summed E-state index contributed by atoms with van der Waals surface area (Å²) in [5.74, 6) is 0.765. The van der Waals surface area contributed by atoms with Gasteiger partial charge in [0.2, 0.25) is 0 Å². The van der Waals surface area contributed by atoms with E-state index in [0.717, 1.165) is 5.92 Å². The van der Waals surface area contributed by atoms with Crippen molar-refractivity contribution < 1.29 is 5.11 Å². The molecule has 66 valence electrons. The van der Waals surface area contributed by atoms with Gasteiger partial charge in [-0.05, 0) is 24.2 Å². The Morgan fingerprint density at radius 3 is 2.18 bits per heavy atom. The van der Waals surface area contributed by atoms with Gasteiger partial charge in [-0.15, -0.1) is 0 Å². The second kappa shape index (κ2) is 3.57. The molecule has 1 heteroatoms. The maximum absolute atomic E-state index is 9.15. The van der Waals surface area contributed by atoms with E-state index in [0.29, 0.717) is 6.61 Å². The summed E-state index contributed by atoms with van der Waals surface area (Å²) in [7, 11) is 0. The number of aliphatic hydroxyl groups is 1. The molecule has 1 fully saturated rings. The highest BCUT2D eigenvalue weighted by molar-refractivity contribution is 4.79. The largest absolute Gasteiger partial charge is 0.396 e. The van der Waals surface area contributed by atoms with Crippen LogP contribution < -0.4 is 0 Å². The predicted molar refractivity (Wildman–Crippen MR) is 47.4 cm³/mol. The first kappa shape index (κ1) is 9.05. The zero-order chi connectivity index (χ0) is 8.32. The smallest absolute Gasteiger partial charge is 0.0484 e. The lowest BCUT2D eigenvalue weighted by Gasteiger charge is -2.35. The van der Waals surface area contributed by atoms with E-state index in [1.54, 1.807) is 0 Å². The zero-order valence-electron chi connectivity index (χ0n) is 7.77. The molecule has 0 aromatic rings. The summed E-state index contributed by atoms with van der Waals surface area (Å²) in [4.78, 5) is 0. The molecule has 1 aliphatic carbocycles. The number of hydrogen-bond donors (Lipinski definition) is 1. The van der Waals surface area contributed by atoms with Crippen molar-refractivity contribution in [1.29, 1.82) is 0 Å². The van der Waals surface area contributed by atoms with Gasteiger partial charge in [0.25, 0.3) is 0 Å². The first-order chi connectivity index (χ1) is 5.17. The molecular formula is C10H20O. The maximum atomic E-state index is 9.15. The van der Waals surface area contributed by atoms with Crippen LogP contribution in [0.5, 0.6) is 0 Å². The third kappa shape index (κ3) is 2.19. The molecule has 0 saturated heterocycles. The molecule has 0 unspecified atom stereocenters. The highest BCUT2D eigenvalue weighted by Gasteiger charge is 2.29. The highest BCUT2D eigenvalue weighted by Crippen LogP contribution is 2.37. The fourth-order valence-corrected chi connectivity index (χ4v) is 2.01. The Morgan fingerprint density at radius 2 is 1.73 bits per heavy atom. The van der Waals surface area contributed by atoms with Crippen LogP contribution in [-0.2, 0) is 0 Å². The van der Waals surface area contributed by atoms with Crippen molar-refractivity contribution in [2.24, 2.45) is 11.3 Å². The Hall–Kier alpha value is -0.0400. The minimum Gasteiger partial charge on any atom is -0.396 e. The van der Waals surface area contributed by atoms with E-state index >= 15 is 0 Å². The summed E-state index contributed by atoms with van der Waals surface area (Å²) in [6.07, 6.45) is 6.79. The Morgan fingerprint density at radius 1 is 1.18 bits per heavy atom. The van der Waals surface area contributed by atoms with Crippen LogP contribution in [0.25, 0.3) is 0 Å². The summed E-state index contributed by atoms with van der Waals surface area (Å²) < 4.78 is 0. The van der Waals surface area contributed by atoms with Crippen molar-refractivity contribution in [1.82, 2.24) is 0 Å². The van der Waals surface area contributed by atoms with Gasteiger partial charge in [0.15, 0.2) is 0 Å². The van der Waals surface area contributed by atoms with Crippen LogP contribution >= 0.6 is 0 Å². The van der Waals surface area contributed by atoms with Gasteiger partial charge in [-0.25, -0.2) is 0 Å². The molecule has 0 atom stereocenters. The van der Waals surface area contributed by atoms with Gasteiger partial charge in [0.1, 0.15) is 0 Å². The monoisotopic (exact) mass is 156 g/mol. The molecule has 1 rings (SSSR count). The Labute approximate surface area is 69.8 Å². The fraction of sp³-hybridized carbons (Fsp3) is 1.00. The summed E-state index contributed by atoms with van der Waals surface area (Å²) in [6.45, 7) is 4.71. The van der Waals surface area contributed by atoms with Crippen molar-refractivity contribution in [3.8, 4) is 0 Å². The second-order valence-electron chi connectivity index (χ2n) is 4.48. The van der Waals surface area contributed by atoms with Crippen LogP contribution in [0.2, 0.25) is 0 Å². The molecule has 1 saturated carbocycles. The predicted octanol–water partition coefficient (Wildman–Crippen LogP) is 2.59. The van der Waals surface area contributed by atoms with E-state index < -0.39 is 0 Å².